The van der Waals surface area contributed by atoms with Crippen LogP contribution in [0.25, 0.3) is 0 Å². The molecule has 0 spiro atoms. The second kappa shape index (κ2) is 4.97. The number of ketones is 1. The molecule has 0 radical (unpaired) electrons. The minimum Gasteiger partial charge on any atom is -0.405 e. The zero-order valence-corrected chi connectivity index (χ0v) is 9.46. The van der Waals surface area contributed by atoms with Gasteiger partial charge < -0.3 is 10.1 Å². The van der Waals surface area contributed by atoms with Gasteiger partial charge in [0, 0.05) is 6.42 Å². The van der Waals surface area contributed by atoms with E-state index in [1.165, 1.54) is 18.2 Å². The number of para-hydroxylation sites is 1. The smallest absolute Gasteiger partial charge is 0.405 e. The number of carbonyl (C=O) groups is 1. The van der Waals surface area contributed by atoms with E-state index in [1.54, 1.807) is 0 Å². The van der Waals surface area contributed by atoms with Crippen molar-refractivity contribution >= 4 is 5.78 Å². The van der Waals surface area contributed by atoms with Crippen LogP contribution in [0.2, 0.25) is 0 Å². The van der Waals surface area contributed by atoms with Crippen molar-refractivity contribution in [2.75, 3.05) is 13.1 Å². The first-order chi connectivity index (χ1) is 8.46. The third-order valence-electron chi connectivity index (χ3n) is 2.75. The molecular formula is C12H12F3NO2. The Morgan fingerprint density at radius 2 is 2.00 bits per heavy atom. The fourth-order valence-corrected chi connectivity index (χ4v) is 1.78. The van der Waals surface area contributed by atoms with Crippen molar-refractivity contribution in [2.24, 2.45) is 5.92 Å². The molecule has 0 amide bonds. The number of Topliss-reactive ketones (excluding diaryl/α,β-unsaturated/α-hetero) is 1. The van der Waals surface area contributed by atoms with Gasteiger partial charge in [0.1, 0.15) is 5.75 Å². The summed E-state index contributed by atoms with van der Waals surface area (Å²) in [7, 11) is 0. The number of alkyl halides is 3. The lowest BCUT2D eigenvalue weighted by Crippen LogP contribution is -2.43. The number of halogens is 3. The summed E-state index contributed by atoms with van der Waals surface area (Å²) in [5.74, 6) is -0.542. The van der Waals surface area contributed by atoms with E-state index < -0.39 is 12.1 Å². The van der Waals surface area contributed by atoms with Gasteiger partial charge in [-0.05, 0) is 31.1 Å². The van der Waals surface area contributed by atoms with Gasteiger partial charge in [0.05, 0.1) is 5.56 Å². The Labute approximate surface area is 102 Å². The molecule has 3 nitrogen and oxygen atoms in total. The zero-order chi connectivity index (χ0) is 13.2. The number of ether oxygens (including phenoxy) is 1. The molecule has 1 aromatic carbocycles. The van der Waals surface area contributed by atoms with Crippen LogP contribution in [-0.4, -0.2) is 25.2 Å². The molecule has 1 aromatic rings. The van der Waals surface area contributed by atoms with Crippen molar-refractivity contribution in [3.8, 4) is 5.75 Å². The number of benzene rings is 1. The molecule has 6 heteroatoms. The van der Waals surface area contributed by atoms with Crippen LogP contribution >= 0.6 is 0 Å². The highest BCUT2D eigenvalue weighted by Crippen LogP contribution is 2.28. The molecule has 1 saturated heterocycles. The van der Waals surface area contributed by atoms with Gasteiger partial charge in [0.2, 0.25) is 0 Å². The molecular weight excluding hydrogens is 247 g/mol. The summed E-state index contributed by atoms with van der Waals surface area (Å²) in [4.78, 5) is 11.9. The maximum atomic E-state index is 12.2. The number of hydrogen-bond donors (Lipinski definition) is 1. The van der Waals surface area contributed by atoms with Gasteiger partial charge in [-0.15, -0.1) is 13.2 Å². The molecule has 98 valence electrons. The largest absolute Gasteiger partial charge is 0.573 e. The Hall–Kier alpha value is -1.56. The van der Waals surface area contributed by atoms with Gasteiger partial charge in [-0.1, -0.05) is 12.1 Å². The topological polar surface area (TPSA) is 38.3 Å². The summed E-state index contributed by atoms with van der Waals surface area (Å²) < 4.78 is 40.4. The lowest BCUT2D eigenvalue weighted by molar-refractivity contribution is -0.274. The van der Waals surface area contributed by atoms with Crippen molar-refractivity contribution in [2.45, 2.75) is 12.8 Å². The highest BCUT2D eigenvalue weighted by Gasteiger charge is 2.33. The molecule has 1 aliphatic rings. The Morgan fingerprint density at radius 3 is 2.56 bits per heavy atom. The third kappa shape index (κ3) is 3.22. The molecule has 1 N–H and O–H groups in total. The van der Waals surface area contributed by atoms with Crippen molar-refractivity contribution in [1.82, 2.24) is 5.32 Å². The van der Waals surface area contributed by atoms with E-state index in [2.05, 4.69) is 10.1 Å². The van der Waals surface area contributed by atoms with E-state index in [0.29, 0.717) is 0 Å². The summed E-state index contributed by atoms with van der Waals surface area (Å²) in [6.45, 7) is 1.46. The molecule has 0 bridgehead atoms. The van der Waals surface area contributed by atoms with Crippen LogP contribution < -0.4 is 10.1 Å². The quantitative estimate of drug-likeness (QED) is 0.844. The lowest BCUT2D eigenvalue weighted by Gasteiger charge is -2.26. The van der Waals surface area contributed by atoms with Crippen molar-refractivity contribution in [3.05, 3.63) is 29.8 Å². The van der Waals surface area contributed by atoms with E-state index in [1.807, 2.05) is 0 Å². The maximum absolute atomic E-state index is 12.2. The zero-order valence-electron chi connectivity index (χ0n) is 9.46. The minimum absolute atomic E-state index is 0.0123. The number of nitrogens with one attached hydrogen (secondary N) is 1. The van der Waals surface area contributed by atoms with Crippen LogP contribution in [0, 0.1) is 5.92 Å². The van der Waals surface area contributed by atoms with Crippen LogP contribution in [-0.2, 0) is 0 Å². The molecule has 2 rings (SSSR count). The molecule has 0 atom stereocenters. The predicted molar refractivity (Wildman–Crippen MR) is 58.4 cm³/mol. The van der Waals surface area contributed by atoms with Crippen LogP contribution in [0.4, 0.5) is 13.2 Å². The van der Waals surface area contributed by atoms with Gasteiger partial charge in [0.25, 0.3) is 0 Å². The molecule has 0 unspecified atom stereocenters. The van der Waals surface area contributed by atoms with Crippen LogP contribution in [0.15, 0.2) is 24.3 Å². The van der Waals surface area contributed by atoms with Gasteiger partial charge in [-0.3, -0.25) is 4.79 Å². The minimum atomic E-state index is -4.78. The molecule has 1 heterocycles. The SMILES string of the molecule is O=C(CC1CNC1)c1ccccc1OC(F)(F)F. The van der Waals surface area contributed by atoms with Gasteiger partial charge >= 0.3 is 6.36 Å². The van der Waals surface area contributed by atoms with Gasteiger partial charge in [-0.2, -0.15) is 0 Å². The molecule has 0 aromatic heterocycles. The average Bonchev–Trinajstić information content (AvgIpc) is 2.21. The normalized spacial score (nSPS) is 16.2. The third-order valence-corrected chi connectivity index (χ3v) is 2.75. The summed E-state index contributed by atoms with van der Waals surface area (Å²) in [6.07, 6.45) is -4.54. The average molecular weight is 259 g/mol. The predicted octanol–water partition coefficient (Wildman–Crippen LogP) is 2.38. The Morgan fingerprint density at radius 1 is 1.33 bits per heavy atom. The monoisotopic (exact) mass is 259 g/mol. The van der Waals surface area contributed by atoms with Crippen LogP contribution in [0.3, 0.4) is 0 Å². The second-order valence-corrected chi connectivity index (χ2v) is 4.20. The summed E-state index contributed by atoms with van der Waals surface area (Å²) in [6, 6.07) is 5.44. The lowest BCUT2D eigenvalue weighted by atomic mass is 9.93. The first-order valence-electron chi connectivity index (χ1n) is 5.54. The van der Waals surface area contributed by atoms with E-state index >= 15 is 0 Å². The Kier molecular flexibility index (Phi) is 3.56. The fourth-order valence-electron chi connectivity index (χ4n) is 1.78. The second-order valence-electron chi connectivity index (χ2n) is 4.20. The van der Waals surface area contributed by atoms with Gasteiger partial charge in [0.15, 0.2) is 5.78 Å². The fraction of sp³-hybridized carbons (Fsp3) is 0.417. The first kappa shape index (κ1) is 12.9. The van der Waals surface area contributed by atoms with Gasteiger partial charge in [-0.25, -0.2) is 0 Å². The maximum Gasteiger partial charge on any atom is 0.573 e. The van der Waals surface area contributed by atoms with Crippen molar-refractivity contribution < 1.29 is 22.7 Å². The van der Waals surface area contributed by atoms with E-state index in [-0.39, 0.29) is 23.7 Å². The number of rotatable bonds is 4. The number of hydrogen-bond acceptors (Lipinski definition) is 3. The highest BCUT2D eigenvalue weighted by molar-refractivity contribution is 5.98. The van der Waals surface area contributed by atoms with Crippen molar-refractivity contribution in [1.29, 1.82) is 0 Å². The molecule has 0 saturated carbocycles. The summed E-state index contributed by atoms with van der Waals surface area (Å²) >= 11 is 0. The molecule has 1 aliphatic heterocycles. The molecule has 1 fully saturated rings. The molecule has 18 heavy (non-hydrogen) atoms. The Bertz CT molecular complexity index is 441. The highest BCUT2D eigenvalue weighted by atomic mass is 19.4. The molecule has 0 aliphatic carbocycles. The van der Waals surface area contributed by atoms with E-state index in [4.69, 9.17) is 0 Å². The van der Waals surface area contributed by atoms with Crippen molar-refractivity contribution in [3.63, 3.8) is 0 Å². The van der Waals surface area contributed by atoms with Crippen LogP contribution in [0.1, 0.15) is 16.8 Å². The Balaban J connectivity index is 2.13. The van der Waals surface area contributed by atoms with E-state index in [0.717, 1.165) is 19.2 Å². The first-order valence-corrected chi connectivity index (χ1v) is 5.54. The number of carbonyl (C=O) groups excluding carboxylic acids is 1. The van der Waals surface area contributed by atoms with E-state index in [9.17, 15) is 18.0 Å². The summed E-state index contributed by atoms with van der Waals surface area (Å²) in [5.41, 5.74) is -0.0123. The summed E-state index contributed by atoms with van der Waals surface area (Å²) in [5, 5.41) is 3.01. The standard InChI is InChI=1S/C12H12F3NO2/c13-12(14,15)18-11-4-2-1-3-9(11)10(17)5-8-6-16-7-8/h1-4,8,16H,5-7H2. The van der Waals surface area contributed by atoms with Crippen LogP contribution in [0.5, 0.6) is 5.75 Å².